The first-order chi connectivity index (χ1) is 12.1. The van der Waals surface area contributed by atoms with Gasteiger partial charge in [0.05, 0.1) is 5.92 Å². The summed E-state index contributed by atoms with van der Waals surface area (Å²) in [6, 6.07) is 2.02. The number of urea groups is 1. The molecule has 0 bridgehead atoms. The first-order valence-electron chi connectivity index (χ1n) is 8.97. The first kappa shape index (κ1) is 17.4. The number of rotatable bonds is 5. The maximum absolute atomic E-state index is 12.3. The van der Waals surface area contributed by atoms with Crippen molar-refractivity contribution in [1.29, 1.82) is 0 Å². The van der Waals surface area contributed by atoms with Crippen molar-refractivity contribution >= 4 is 23.8 Å². The number of nitrogens with one attached hydrogen (secondary N) is 1. The van der Waals surface area contributed by atoms with Crippen LogP contribution in [-0.4, -0.2) is 57.7 Å². The van der Waals surface area contributed by atoms with Gasteiger partial charge in [-0.05, 0) is 32.3 Å². The number of anilines is 2. The SMILES string of the molecule is CCN(c1ccnc(NC(=O)N2CCC(C(=O)O)C2)n1)C1CCCC1. The minimum atomic E-state index is -0.858. The molecule has 8 heteroatoms. The Morgan fingerprint density at radius 3 is 2.76 bits per heavy atom. The van der Waals surface area contributed by atoms with Crippen molar-refractivity contribution < 1.29 is 14.7 Å². The molecule has 2 N–H and O–H groups in total. The number of carbonyl (C=O) groups excluding carboxylic acids is 1. The van der Waals surface area contributed by atoms with Gasteiger partial charge in [0, 0.05) is 31.9 Å². The van der Waals surface area contributed by atoms with Crippen LogP contribution in [0.4, 0.5) is 16.6 Å². The number of aliphatic carboxylic acids is 1. The molecule has 0 aromatic carbocycles. The Morgan fingerprint density at radius 2 is 2.12 bits per heavy atom. The van der Waals surface area contributed by atoms with Gasteiger partial charge >= 0.3 is 12.0 Å². The molecule has 8 nitrogen and oxygen atoms in total. The van der Waals surface area contributed by atoms with Gasteiger partial charge in [0.2, 0.25) is 5.95 Å². The average Bonchev–Trinajstić information content (AvgIpc) is 3.28. The zero-order valence-electron chi connectivity index (χ0n) is 14.5. The number of nitrogens with zero attached hydrogens (tertiary/aromatic N) is 4. The lowest BCUT2D eigenvalue weighted by Crippen LogP contribution is -2.35. The second-order valence-corrected chi connectivity index (χ2v) is 6.66. The number of amides is 2. The van der Waals surface area contributed by atoms with E-state index in [4.69, 9.17) is 5.11 Å². The number of likely N-dealkylation sites (tertiary alicyclic amines) is 1. The predicted molar refractivity (Wildman–Crippen MR) is 93.6 cm³/mol. The highest BCUT2D eigenvalue weighted by molar-refractivity contribution is 5.88. The van der Waals surface area contributed by atoms with Crippen molar-refractivity contribution in [2.75, 3.05) is 29.9 Å². The molecule has 1 atom stereocenters. The zero-order valence-corrected chi connectivity index (χ0v) is 14.5. The van der Waals surface area contributed by atoms with E-state index < -0.39 is 11.9 Å². The van der Waals surface area contributed by atoms with Crippen molar-refractivity contribution in [1.82, 2.24) is 14.9 Å². The summed E-state index contributed by atoms with van der Waals surface area (Å²) >= 11 is 0. The second-order valence-electron chi connectivity index (χ2n) is 6.66. The van der Waals surface area contributed by atoms with E-state index >= 15 is 0 Å². The molecule has 1 aliphatic heterocycles. The molecule has 25 heavy (non-hydrogen) atoms. The normalized spacial score (nSPS) is 20.7. The molecule has 1 saturated carbocycles. The Hall–Kier alpha value is -2.38. The van der Waals surface area contributed by atoms with Crippen LogP contribution in [0, 0.1) is 5.92 Å². The lowest BCUT2D eigenvalue weighted by molar-refractivity contribution is -0.141. The topological polar surface area (TPSA) is 98.7 Å². The number of carbonyl (C=O) groups is 2. The summed E-state index contributed by atoms with van der Waals surface area (Å²) in [6.07, 6.45) is 6.97. The van der Waals surface area contributed by atoms with Crippen LogP contribution < -0.4 is 10.2 Å². The van der Waals surface area contributed by atoms with Crippen LogP contribution in [0.5, 0.6) is 0 Å². The minimum Gasteiger partial charge on any atom is -0.481 e. The highest BCUT2D eigenvalue weighted by atomic mass is 16.4. The second kappa shape index (κ2) is 7.67. The van der Waals surface area contributed by atoms with Gasteiger partial charge in [-0.25, -0.2) is 9.78 Å². The van der Waals surface area contributed by atoms with E-state index in [0.717, 1.165) is 12.4 Å². The van der Waals surface area contributed by atoms with E-state index in [1.807, 2.05) is 6.07 Å². The van der Waals surface area contributed by atoms with Gasteiger partial charge in [0.25, 0.3) is 0 Å². The summed E-state index contributed by atoms with van der Waals surface area (Å²) in [4.78, 5) is 35.7. The maximum atomic E-state index is 12.3. The Morgan fingerprint density at radius 1 is 1.36 bits per heavy atom. The summed E-state index contributed by atoms with van der Waals surface area (Å²) in [5.41, 5.74) is 0. The molecule has 2 heterocycles. The third kappa shape index (κ3) is 4.00. The van der Waals surface area contributed by atoms with Gasteiger partial charge in [-0.1, -0.05) is 12.8 Å². The molecule has 1 aliphatic carbocycles. The van der Waals surface area contributed by atoms with Gasteiger partial charge in [0.1, 0.15) is 5.82 Å². The quantitative estimate of drug-likeness (QED) is 0.847. The van der Waals surface area contributed by atoms with E-state index in [1.165, 1.54) is 30.6 Å². The van der Waals surface area contributed by atoms with Gasteiger partial charge in [0.15, 0.2) is 0 Å². The summed E-state index contributed by atoms with van der Waals surface area (Å²) < 4.78 is 0. The zero-order chi connectivity index (χ0) is 17.8. The maximum Gasteiger partial charge on any atom is 0.324 e. The van der Waals surface area contributed by atoms with Gasteiger partial charge in [-0.3, -0.25) is 10.1 Å². The van der Waals surface area contributed by atoms with Crippen LogP contribution in [-0.2, 0) is 4.79 Å². The van der Waals surface area contributed by atoms with Crippen molar-refractivity contribution in [2.45, 2.75) is 45.1 Å². The standard InChI is InChI=1S/C17H25N5O3/c1-2-22(13-5-3-4-6-13)14-7-9-18-16(19-14)20-17(25)21-10-8-12(11-21)15(23)24/h7,9,12-13H,2-6,8,10-11H2,1H3,(H,23,24)(H,18,19,20,25). The summed E-state index contributed by atoms with van der Waals surface area (Å²) in [5, 5.41) is 11.7. The van der Waals surface area contributed by atoms with Gasteiger partial charge < -0.3 is 14.9 Å². The average molecular weight is 347 g/mol. The van der Waals surface area contributed by atoms with Crippen molar-refractivity contribution in [3.63, 3.8) is 0 Å². The van der Waals surface area contributed by atoms with Crippen LogP contribution in [0.25, 0.3) is 0 Å². The van der Waals surface area contributed by atoms with Crippen LogP contribution >= 0.6 is 0 Å². The minimum absolute atomic E-state index is 0.226. The van der Waals surface area contributed by atoms with Crippen LogP contribution in [0.3, 0.4) is 0 Å². The van der Waals surface area contributed by atoms with E-state index in [9.17, 15) is 9.59 Å². The Bertz CT molecular complexity index is 632. The van der Waals surface area contributed by atoms with Crippen molar-refractivity contribution in [2.24, 2.45) is 5.92 Å². The number of hydrogen-bond donors (Lipinski definition) is 2. The molecule has 1 aromatic heterocycles. The molecule has 2 amide bonds. The molecule has 2 aliphatic rings. The molecule has 1 aromatic rings. The molecule has 0 spiro atoms. The molecule has 3 rings (SSSR count). The molecule has 2 fully saturated rings. The van der Waals surface area contributed by atoms with Crippen molar-refractivity contribution in [3.05, 3.63) is 12.3 Å². The van der Waals surface area contributed by atoms with E-state index in [-0.39, 0.29) is 18.5 Å². The molecule has 1 saturated heterocycles. The monoisotopic (exact) mass is 347 g/mol. The fourth-order valence-corrected chi connectivity index (χ4v) is 3.71. The lowest BCUT2D eigenvalue weighted by atomic mass is 10.1. The summed E-state index contributed by atoms with van der Waals surface area (Å²) in [5.74, 6) is -0.262. The third-order valence-electron chi connectivity index (χ3n) is 5.08. The van der Waals surface area contributed by atoms with Gasteiger partial charge in [-0.2, -0.15) is 4.98 Å². The van der Waals surface area contributed by atoms with Crippen LogP contribution in [0.2, 0.25) is 0 Å². The fraction of sp³-hybridized carbons (Fsp3) is 0.647. The Balaban J connectivity index is 1.65. The van der Waals surface area contributed by atoms with Gasteiger partial charge in [-0.15, -0.1) is 0 Å². The molecular formula is C17H25N5O3. The lowest BCUT2D eigenvalue weighted by Gasteiger charge is -2.28. The molecule has 0 radical (unpaired) electrons. The Labute approximate surface area is 147 Å². The van der Waals surface area contributed by atoms with Crippen molar-refractivity contribution in [3.8, 4) is 0 Å². The largest absolute Gasteiger partial charge is 0.481 e. The summed E-state index contributed by atoms with van der Waals surface area (Å²) in [7, 11) is 0. The smallest absolute Gasteiger partial charge is 0.324 e. The molecule has 1 unspecified atom stereocenters. The van der Waals surface area contributed by atoms with E-state index in [1.54, 1.807) is 6.20 Å². The number of hydrogen-bond acceptors (Lipinski definition) is 5. The first-order valence-corrected chi connectivity index (χ1v) is 8.97. The third-order valence-corrected chi connectivity index (χ3v) is 5.08. The summed E-state index contributed by atoms with van der Waals surface area (Å²) in [6.45, 7) is 3.63. The highest BCUT2D eigenvalue weighted by Gasteiger charge is 2.31. The van der Waals surface area contributed by atoms with Crippen LogP contribution in [0.1, 0.15) is 39.0 Å². The number of aromatic nitrogens is 2. The molecule has 136 valence electrons. The van der Waals surface area contributed by atoms with E-state index in [2.05, 4.69) is 27.1 Å². The highest BCUT2D eigenvalue weighted by Crippen LogP contribution is 2.27. The predicted octanol–water partition coefficient (Wildman–Crippen LogP) is 2.18. The van der Waals surface area contributed by atoms with Crippen LogP contribution in [0.15, 0.2) is 12.3 Å². The number of carboxylic acids is 1. The fourth-order valence-electron chi connectivity index (χ4n) is 3.71. The van der Waals surface area contributed by atoms with E-state index in [0.29, 0.717) is 19.0 Å². The number of carboxylic acid groups (broad SMARTS) is 1. The molecular weight excluding hydrogens is 322 g/mol. The Kier molecular flexibility index (Phi) is 5.35.